The Bertz CT molecular complexity index is 711. The van der Waals surface area contributed by atoms with Crippen molar-refractivity contribution < 1.29 is 23.2 Å². The van der Waals surface area contributed by atoms with Crippen molar-refractivity contribution in [3.05, 3.63) is 33.4 Å². The lowest BCUT2D eigenvalue weighted by molar-refractivity contribution is -0.385. The molecule has 8 nitrogen and oxygen atoms in total. The standard InChI is InChI=1S/C13H18N2O6S/c1-7(2)12(13(16)17)14-22(20,21)11-6-8(3)10(15(18)19)5-9(11)4/h5-7,12,14H,1-4H3,(H,16,17)/t12-/m0/s1. The van der Waals surface area contributed by atoms with Gasteiger partial charge in [0.05, 0.1) is 9.82 Å². The molecule has 1 atom stereocenters. The van der Waals surface area contributed by atoms with Crippen molar-refractivity contribution in [1.29, 1.82) is 0 Å². The van der Waals surface area contributed by atoms with E-state index in [1.807, 2.05) is 0 Å². The molecule has 0 aliphatic carbocycles. The third kappa shape index (κ3) is 3.80. The monoisotopic (exact) mass is 330 g/mol. The SMILES string of the molecule is Cc1cc(S(=O)(=O)N[C@H](C(=O)O)C(C)C)c(C)cc1[N+](=O)[O-]. The van der Waals surface area contributed by atoms with Gasteiger partial charge in [0, 0.05) is 11.6 Å². The number of nitrogens with one attached hydrogen (secondary N) is 1. The molecular weight excluding hydrogens is 312 g/mol. The summed E-state index contributed by atoms with van der Waals surface area (Å²) in [6, 6.07) is 1.06. The lowest BCUT2D eigenvalue weighted by Gasteiger charge is -2.19. The number of hydrogen-bond donors (Lipinski definition) is 2. The van der Waals surface area contributed by atoms with Crippen LogP contribution in [0, 0.1) is 29.9 Å². The molecule has 0 amide bonds. The molecule has 122 valence electrons. The summed E-state index contributed by atoms with van der Waals surface area (Å²) in [7, 11) is -4.10. The van der Waals surface area contributed by atoms with Crippen LogP contribution in [0.1, 0.15) is 25.0 Å². The van der Waals surface area contributed by atoms with Crippen LogP contribution in [-0.2, 0) is 14.8 Å². The van der Waals surface area contributed by atoms with Gasteiger partial charge in [-0.25, -0.2) is 8.42 Å². The van der Waals surface area contributed by atoms with Gasteiger partial charge >= 0.3 is 5.97 Å². The predicted molar refractivity (Wildman–Crippen MR) is 79.2 cm³/mol. The first-order valence-electron chi connectivity index (χ1n) is 6.48. The van der Waals surface area contributed by atoms with Crippen LogP contribution < -0.4 is 4.72 Å². The average Bonchev–Trinajstić information content (AvgIpc) is 2.37. The number of benzene rings is 1. The molecule has 22 heavy (non-hydrogen) atoms. The number of nitrogens with zero attached hydrogens (tertiary/aromatic N) is 1. The first-order chi connectivity index (χ1) is 9.97. The molecule has 1 aromatic carbocycles. The third-order valence-electron chi connectivity index (χ3n) is 3.19. The second-order valence-corrected chi connectivity index (χ2v) is 7.02. The zero-order chi connectivity index (χ0) is 17.2. The van der Waals surface area contributed by atoms with E-state index in [0.717, 1.165) is 6.07 Å². The Balaban J connectivity index is 3.32. The fourth-order valence-electron chi connectivity index (χ4n) is 1.96. The number of nitro groups is 1. The van der Waals surface area contributed by atoms with Crippen LogP contribution in [0.25, 0.3) is 0 Å². The molecule has 0 aliphatic rings. The second kappa shape index (κ2) is 6.41. The van der Waals surface area contributed by atoms with Gasteiger partial charge in [-0.1, -0.05) is 13.8 Å². The van der Waals surface area contributed by atoms with Crippen molar-refractivity contribution in [2.24, 2.45) is 5.92 Å². The minimum absolute atomic E-state index is 0.164. The Morgan fingerprint density at radius 2 is 1.82 bits per heavy atom. The minimum atomic E-state index is -4.10. The molecule has 0 bridgehead atoms. The van der Waals surface area contributed by atoms with Crippen molar-refractivity contribution in [3.63, 3.8) is 0 Å². The number of carbonyl (C=O) groups is 1. The summed E-state index contributed by atoms with van der Waals surface area (Å²) in [6.07, 6.45) is 0. The Hall–Kier alpha value is -2.00. The minimum Gasteiger partial charge on any atom is -0.480 e. The zero-order valence-electron chi connectivity index (χ0n) is 12.7. The highest BCUT2D eigenvalue weighted by Gasteiger charge is 2.30. The van der Waals surface area contributed by atoms with Crippen LogP contribution in [0.2, 0.25) is 0 Å². The maximum atomic E-state index is 12.4. The van der Waals surface area contributed by atoms with Gasteiger partial charge in [0.15, 0.2) is 0 Å². The summed E-state index contributed by atoms with van der Waals surface area (Å²) < 4.78 is 26.9. The van der Waals surface area contributed by atoms with Gasteiger partial charge in [0.2, 0.25) is 10.0 Å². The molecule has 0 aromatic heterocycles. The Kier molecular flexibility index (Phi) is 5.26. The van der Waals surface area contributed by atoms with E-state index < -0.39 is 32.9 Å². The highest BCUT2D eigenvalue weighted by Crippen LogP contribution is 2.26. The van der Waals surface area contributed by atoms with Gasteiger partial charge in [-0.2, -0.15) is 4.72 Å². The number of sulfonamides is 1. The van der Waals surface area contributed by atoms with E-state index in [1.54, 1.807) is 13.8 Å². The smallest absolute Gasteiger partial charge is 0.322 e. The van der Waals surface area contributed by atoms with Crippen molar-refractivity contribution in [1.82, 2.24) is 4.72 Å². The van der Waals surface area contributed by atoms with Crippen LogP contribution in [0.3, 0.4) is 0 Å². The summed E-state index contributed by atoms with van der Waals surface area (Å²) in [6.45, 7) is 6.00. The molecule has 2 N–H and O–H groups in total. The van der Waals surface area contributed by atoms with E-state index >= 15 is 0 Å². The molecule has 0 heterocycles. The largest absolute Gasteiger partial charge is 0.480 e. The summed E-state index contributed by atoms with van der Waals surface area (Å²) in [5.41, 5.74) is 0.181. The highest BCUT2D eigenvalue weighted by atomic mass is 32.2. The first-order valence-corrected chi connectivity index (χ1v) is 7.96. The predicted octanol–water partition coefficient (Wildman–Crippen LogP) is 1.60. The lowest BCUT2D eigenvalue weighted by atomic mass is 10.1. The Morgan fingerprint density at radius 1 is 1.27 bits per heavy atom. The topological polar surface area (TPSA) is 127 Å². The van der Waals surface area contributed by atoms with E-state index in [-0.39, 0.29) is 21.7 Å². The molecule has 0 saturated carbocycles. The second-order valence-electron chi connectivity index (χ2n) is 5.34. The molecule has 0 saturated heterocycles. The van der Waals surface area contributed by atoms with Crippen molar-refractivity contribution >= 4 is 21.7 Å². The van der Waals surface area contributed by atoms with Crippen molar-refractivity contribution in [3.8, 4) is 0 Å². The molecule has 0 aliphatic heterocycles. The van der Waals surface area contributed by atoms with Gasteiger partial charge in [0.25, 0.3) is 5.69 Å². The molecule has 0 spiro atoms. The highest BCUT2D eigenvalue weighted by molar-refractivity contribution is 7.89. The lowest BCUT2D eigenvalue weighted by Crippen LogP contribution is -2.44. The summed E-state index contributed by atoms with van der Waals surface area (Å²) in [4.78, 5) is 21.2. The fourth-order valence-corrected chi connectivity index (χ4v) is 3.61. The number of carboxylic acids is 1. The van der Waals surface area contributed by atoms with E-state index in [4.69, 9.17) is 5.11 Å². The summed E-state index contributed by atoms with van der Waals surface area (Å²) in [5, 5.41) is 19.9. The number of aliphatic carboxylic acids is 1. The third-order valence-corrected chi connectivity index (χ3v) is 4.78. The normalized spacial score (nSPS) is 13.1. The maximum Gasteiger partial charge on any atom is 0.322 e. The van der Waals surface area contributed by atoms with Gasteiger partial charge in [-0.15, -0.1) is 0 Å². The van der Waals surface area contributed by atoms with Gasteiger partial charge in [-0.05, 0) is 31.4 Å². The molecule has 0 radical (unpaired) electrons. The van der Waals surface area contributed by atoms with E-state index in [9.17, 15) is 23.3 Å². The van der Waals surface area contributed by atoms with Crippen LogP contribution in [0.4, 0.5) is 5.69 Å². The van der Waals surface area contributed by atoms with E-state index in [2.05, 4.69) is 4.72 Å². The number of hydrogen-bond acceptors (Lipinski definition) is 5. The van der Waals surface area contributed by atoms with E-state index in [0.29, 0.717) is 0 Å². The van der Waals surface area contributed by atoms with Crippen LogP contribution in [-0.4, -0.2) is 30.5 Å². The van der Waals surface area contributed by atoms with Crippen LogP contribution in [0.5, 0.6) is 0 Å². The quantitative estimate of drug-likeness (QED) is 0.602. The maximum absolute atomic E-state index is 12.4. The number of aryl methyl sites for hydroxylation is 2. The zero-order valence-corrected chi connectivity index (χ0v) is 13.5. The number of rotatable bonds is 6. The molecule has 1 rings (SSSR count). The Labute approximate surface area is 128 Å². The fraction of sp³-hybridized carbons (Fsp3) is 0.462. The molecule has 1 aromatic rings. The van der Waals surface area contributed by atoms with Gasteiger partial charge in [0.1, 0.15) is 6.04 Å². The van der Waals surface area contributed by atoms with Crippen LogP contribution >= 0.6 is 0 Å². The number of carboxylic acid groups (broad SMARTS) is 1. The molecule has 0 fully saturated rings. The van der Waals surface area contributed by atoms with Crippen molar-refractivity contribution in [2.75, 3.05) is 0 Å². The molecule has 9 heteroatoms. The summed E-state index contributed by atoms with van der Waals surface area (Å²) >= 11 is 0. The van der Waals surface area contributed by atoms with E-state index in [1.165, 1.54) is 19.9 Å². The molecule has 0 unspecified atom stereocenters. The summed E-state index contributed by atoms with van der Waals surface area (Å²) in [5.74, 6) is -1.73. The Morgan fingerprint density at radius 3 is 2.23 bits per heavy atom. The van der Waals surface area contributed by atoms with Crippen LogP contribution in [0.15, 0.2) is 17.0 Å². The number of nitro benzene ring substituents is 1. The molecular formula is C13H18N2O6S. The van der Waals surface area contributed by atoms with Gasteiger partial charge in [-0.3, -0.25) is 14.9 Å². The van der Waals surface area contributed by atoms with Crippen molar-refractivity contribution in [2.45, 2.75) is 38.6 Å². The average molecular weight is 330 g/mol. The van der Waals surface area contributed by atoms with Gasteiger partial charge < -0.3 is 5.11 Å². The first kappa shape index (κ1) is 18.1.